The quantitative estimate of drug-likeness (QED) is 0.788. The summed E-state index contributed by atoms with van der Waals surface area (Å²) in [5.74, 6) is 0. The van der Waals surface area contributed by atoms with Crippen LogP contribution in [0, 0.1) is 0 Å². The summed E-state index contributed by atoms with van der Waals surface area (Å²) < 4.78 is 0. The number of carboxylic acid groups (broad SMARTS) is 1. The zero-order chi connectivity index (χ0) is 18.7. The number of fused-ring (bicyclic) bond motifs is 1. The van der Waals surface area contributed by atoms with Gasteiger partial charge in [-0.25, -0.2) is 9.59 Å². The number of carbonyl (C=O) groups is 2. The van der Waals surface area contributed by atoms with Crippen molar-refractivity contribution in [3.05, 3.63) is 53.6 Å². The molecule has 7 heteroatoms. The monoisotopic (exact) mass is 354 g/mol. The minimum absolute atomic E-state index is 0.316. The van der Waals surface area contributed by atoms with Crippen molar-refractivity contribution in [2.75, 3.05) is 36.2 Å². The molecule has 136 valence electrons. The molecule has 7 nitrogen and oxygen atoms in total. The third-order valence-electron chi connectivity index (χ3n) is 4.37. The zero-order valence-corrected chi connectivity index (χ0v) is 14.8. The molecule has 0 spiro atoms. The first-order valence-electron chi connectivity index (χ1n) is 8.37. The first-order valence-corrected chi connectivity index (χ1v) is 8.37. The van der Waals surface area contributed by atoms with Gasteiger partial charge < -0.3 is 25.5 Å². The van der Waals surface area contributed by atoms with Crippen LogP contribution in [0.25, 0.3) is 0 Å². The molecule has 0 fully saturated rings. The van der Waals surface area contributed by atoms with E-state index >= 15 is 0 Å². The molecule has 3 rings (SSSR count). The molecule has 0 atom stereocenters. The van der Waals surface area contributed by atoms with Crippen molar-refractivity contribution in [1.82, 2.24) is 4.90 Å². The van der Waals surface area contributed by atoms with Crippen LogP contribution in [0.5, 0.6) is 0 Å². The van der Waals surface area contributed by atoms with Crippen molar-refractivity contribution in [2.45, 2.75) is 13.0 Å². The van der Waals surface area contributed by atoms with Crippen LogP contribution in [0.3, 0.4) is 0 Å². The fourth-order valence-corrected chi connectivity index (χ4v) is 2.95. The van der Waals surface area contributed by atoms with Crippen LogP contribution >= 0.6 is 0 Å². The molecule has 0 saturated heterocycles. The van der Waals surface area contributed by atoms with Gasteiger partial charge in [0, 0.05) is 44.2 Å². The largest absolute Gasteiger partial charge is 0.465 e. The highest BCUT2D eigenvalue weighted by Gasteiger charge is 2.20. The van der Waals surface area contributed by atoms with Gasteiger partial charge in [0.2, 0.25) is 0 Å². The summed E-state index contributed by atoms with van der Waals surface area (Å²) in [6, 6.07) is 12.8. The van der Waals surface area contributed by atoms with Gasteiger partial charge in [-0.2, -0.15) is 0 Å². The molecular formula is C19H22N4O3. The van der Waals surface area contributed by atoms with Crippen LogP contribution in [0.1, 0.15) is 11.1 Å². The molecule has 1 aliphatic heterocycles. The van der Waals surface area contributed by atoms with E-state index in [9.17, 15) is 9.59 Å². The lowest BCUT2D eigenvalue weighted by atomic mass is 9.99. The highest BCUT2D eigenvalue weighted by Crippen LogP contribution is 2.23. The fourth-order valence-electron chi connectivity index (χ4n) is 2.95. The molecule has 26 heavy (non-hydrogen) atoms. The summed E-state index contributed by atoms with van der Waals surface area (Å²) in [7, 11) is 3.88. The number of hydrogen-bond acceptors (Lipinski definition) is 3. The molecule has 3 N–H and O–H groups in total. The Hall–Kier alpha value is -3.22. The summed E-state index contributed by atoms with van der Waals surface area (Å²) in [5.41, 5.74) is 4.44. The van der Waals surface area contributed by atoms with Crippen molar-refractivity contribution < 1.29 is 14.7 Å². The number of amides is 3. The van der Waals surface area contributed by atoms with Gasteiger partial charge in [-0.15, -0.1) is 0 Å². The van der Waals surface area contributed by atoms with E-state index in [2.05, 4.69) is 10.6 Å². The maximum Gasteiger partial charge on any atom is 0.407 e. The molecule has 0 saturated carbocycles. The van der Waals surface area contributed by atoms with Gasteiger partial charge in [-0.3, -0.25) is 0 Å². The number of nitrogens with zero attached hydrogens (tertiary/aromatic N) is 2. The SMILES string of the molecule is CN(C)c1cccc(NC(=O)Nc2ccc3c(c2)CCN(C(=O)O)C3)c1. The lowest BCUT2D eigenvalue weighted by Gasteiger charge is -2.26. The van der Waals surface area contributed by atoms with Gasteiger partial charge in [0.1, 0.15) is 0 Å². The second-order valence-corrected chi connectivity index (χ2v) is 6.46. The molecule has 2 aromatic rings. The second kappa shape index (κ2) is 7.35. The van der Waals surface area contributed by atoms with Crippen LogP contribution in [-0.2, 0) is 13.0 Å². The van der Waals surface area contributed by atoms with E-state index in [4.69, 9.17) is 5.11 Å². The zero-order valence-electron chi connectivity index (χ0n) is 14.8. The van der Waals surface area contributed by atoms with Crippen molar-refractivity contribution in [2.24, 2.45) is 0 Å². The van der Waals surface area contributed by atoms with Gasteiger partial charge in [-0.05, 0) is 47.9 Å². The molecule has 0 aliphatic carbocycles. The van der Waals surface area contributed by atoms with Crippen LogP contribution in [0.2, 0.25) is 0 Å². The molecule has 1 heterocycles. The fraction of sp³-hybridized carbons (Fsp3) is 0.263. The van der Waals surface area contributed by atoms with E-state index < -0.39 is 6.09 Å². The standard InChI is InChI=1S/C19H22N4O3/c1-22(2)17-5-3-4-15(11-17)20-18(24)21-16-7-6-14-12-23(19(25)26)9-8-13(14)10-16/h3-7,10-11H,8-9,12H2,1-2H3,(H,25,26)(H2,20,21,24). The highest BCUT2D eigenvalue weighted by molar-refractivity contribution is 6.00. The Bertz CT molecular complexity index is 835. The Morgan fingerprint density at radius 2 is 1.77 bits per heavy atom. The average Bonchev–Trinajstić information content (AvgIpc) is 2.61. The third kappa shape index (κ3) is 4.05. The Kier molecular flexibility index (Phi) is 4.97. The molecule has 0 bridgehead atoms. The summed E-state index contributed by atoms with van der Waals surface area (Å²) >= 11 is 0. The molecule has 0 aromatic heterocycles. The van der Waals surface area contributed by atoms with E-state index in [0.717, 1.165) is 16.8 Å². The Labute approximate surface area is 152 Å². The van der Waals surface area contributed by atoms with Crippen LogP contribution in [0.15, 0.2) is 42.5 Å². The smallest absolute Gasteiger partial charge is 0.407 e. The van der Waals surface area contributed by atoms with Crippen molar-refractivity contribution in [3.63, 3.8) is 0 Å². The predicted molar refractivity (Wildman–Crippen MR) is 102 cm³/mol. The minimum atomic E-state index is -0.905. The predicted octanol–water partition coefficient (Wildman–Crippen LogP) is 3.43. The highest BCUT2D eigenvalue weighted by atomic mass is 16.4. The molecule has 3 amide bonds. The number of urea groups is 1. The number of anilines is 3. The maximum atomic E-state index is 12.3. The van der Waals surface area contributed by atoms with E-state index in [0.29, 0.717) is 30.9 Å². The number of rotatable bonds is 3. The van der Waals surface area contributed by atoms with Crippen molar-refractivity contribution in [1.29, 1.82) is 0 Å². The van der Waals surface area contributed by atoms with Crippen molar-refractivity contribution >= 4 is 29.2 Å². The lowest BCUT2D eigenvalue weighted by molar-refractivity contribution is 0.140. The summed E-state index contributed by atoms with van der Waals surface area (Å²) in [5, 5.41) is 14.7. The van der Waals surface area contributed by atoms with Gasteiger partial charge in [0.15, 0.2) is 0 Å². The molecule has 0 unspecified atom stereocenters. The Morgan fingerprint density at radius 3 is 2.46 bits per heavy atom. The van der Waals surface area contributed by atoms with Gasteiger partial charge in [0.25, 0.3) is 0 Å². The number of nitrogens with one attached hydrogen (secondary N) is 2. The van der Waals surface area contributed by atoms with Crippen LogP contribution < -0.4 is 15.5 Å². The van der Waals surface area contributed by atoms with Gasteiger partial charge in [-0.1, -0.05) is 12.1 Å². The lowest BCUT2D eigenvalue weighted by Crippen LogP contribution is -2.34. The Morgan fingerprint density at radius 1 is 1.04 bits per heavy atom. The first kappa shape index (κ1) is 17.6. The summed E-state index contributed by atoms with van der Waals surface area (Å²) in [4.78, 5) is 26.7. The molecule has 2 aromatic carbocycles. The molecule has 0 radical (unpaired) electrons. The van der Waals surface area contributed by atoms with Crippen LogP contribution in [0.4, 0.5) is 26.7 Å². The normalized spacial score (nSPS) is 12.9. The van der Waals surface area contributed by atoms with E-state index in [1.165, 1.54) is 4.90 Å². The van der Waals surface area contributed by atoms with Crippen molar-refractivity contribution in [3.8, 4) is 0 Å². The topological polar surface area (TPSA) is 84.9 Å². The Balaban J connectivity index is 1.65. The van der Waals surface area contributed by atoms with Gasteiger partial charge >= 0.3 is 12.1 Å². The van der Waals surface area contributed by atoms with E-state index in [1.54, 1.807) is 6.07 Å². The van der Waals surface area contributed by atoms with Gasteiger partial charge in [0.05, 0.1) is 0 Å². The van der Waals surface area contributed by atoms with E-state index in [1.807, 2.05) is 55.4 Å². The molecular weight excluding hydrogens is 332 g/mol. The minimum Gasteiger partial charge on any atom is -0.465 e. The van der Waals surface area contributed by atoms with E-state index in [-0.39, 0.29) is 6.03 Å². The first-order chi connectivity index (χ1) is 12.4. The maximum absolute atomic E-state index is 12.3. The summed E-state index contributed by atoms with van der Waals surface area (Å²) in [6.07, 6.45) is -0.263. The number of hydrogen-bond donors (Lipinski definition) is 3. The number of benzene rings is 2. The molecule has 1 aliphatic rings. The number of carbonyl (C=O) groups excluding carboxylic acids is 1. The third-order valence-corrected chi connectivity index (χ3v) is 4.37. The average molecular weight is 354 g/mol. The second-order valence-electron chi connectivity index (χ2n) is 6.46. The van der Waals surface area contributed by atoms with Crippen LogP contribution in [-0.4, -0.2) is 42.8 Å². The summed E-state index contributed by atoms with van der Waals surface area (Å²) in [6.45, 7) is 0.851.